The molecule has 134 heavy (non-hydrogen) atoms. The molecule has 12 unspecified atom stereocenters. The van der Waals surface area contributed by atoms with Gasteiger partial charge < -0.3 is 77.3 Å². The Hall–Kier alpha value is -16.0. The second kappa shape index (κ2) is 42.7. The molecule has 8 aromatic carbocycles. The van der Waals surface area contributed by atoms with E-state index in [1.165, 1.54) is 36.5 Å². The SMILES string of the molecule is C=CC(=O)OCC(COc1ccc(C2(c3ccc(OCC(COC(=O)C=C)OC(=O)C4CC=CCC4C(=O)O)cc3)c3ccccc3-c3ccccc32)cc1)OC(=O)C1C=C(C2=CC(C(=O)OC(COC(=O)C=C)COc3ccc(C4(c5ccc(OCC(COC(=O)C=C)OC(=O)C6CC=CCC6C(=O)O)cc5)c5ccccc5-c5ccccc54)cc3)C(C(=O)O)C=C2)C=CC1C(=O)O. The minimum atomic E-state index is -1.59. The van der Waals surface area contributed by atoms with Gasteiger partial charge in [0.25, 0.3) is 0 Å². The van der Waals surface area contributed by atoms with Crippen LogP contribution in [0.5, 0.6) is 23.0 Å². The summed E-state index contributed by atoms with van der Waals surface area (Å²) in [4.78, 5) is 157. The van der Waals surface area contributed by atoms with Crippen LogP contribution in [0.4, 0.5) is 0 Å². The second-order valence-corrected chi connectivity index (χ2v) is 32.3. The molecule has 6 aliphatic carbocycles. The van der Waals surface area contributed by atoms with E-state index < -0.39 is 194 Å². The van der Waals surface area contributed by atoms with Crippen LogP contribution in [0.3, 0.4) is 0 Å². The number of carbonyl (C=O) groups excluding carboxylic acids is 8. The lowest BCUT2D eigenvalue weighted by molar-refractivity contribution is -0.167. The third kappa shape index (κ3) is 20.7. The van der Waals surface area contributed by atoms with Crippen molar-refractivity contribution in [2.45, 2.75) is 60.9 Å². The summed E-state index contributed by atoms with van der Waals surface area (Å²) in [5.74, 6) is -21.2. The van der Waals surface area contributed by atoms with Crippen LogP contribution in [-0.4, -0.2) is 169 Å². The lowest BCUT2D eigenvalue weighted by atomic mass is 9.68. The average molecular weight is 1820 g/mol. The largest absolute Gasteiger partial charge is 0.490 e. The summed E-state index contributed by atoms with van der Waals surface area (Å²) in [6.45, 7) is 10.4. The molecule has 0 heterocycles. The molecule has 686 valence electrons. The fraction of sp³-hybridized carbons (Fsp3) is 0.245. The number of carboxylic acid groups (broad SMARTS) is 4. The highest BCUT2D eigenvalue weighted by atomic mass is 16.6. The molecule has 0 aromatic heterocycles. The van der Waals surface area contributed by atoms with Gasteiger partial charge in [-0.15, -0.1) is 0 Å². The summed E-state index contributed by atoms with van der Waals surface area (Å²) in [6, 6.07) is 60.7. The van der Waals surface area contributed by atoms with Crippen LogP contribution in [0.15, 0.2) is 317 Å². The van der Waals surface area contributed by atoms with Gasteiger partial charge in [-0.2, -0.15) is 0 Å². The molecule has 0 radical (unpaired) electrons. The molecule has 0 saturated heterocycles. The van der Waals surface area contributed by atoms with Crippen molar-refractivity contribution in [2.75, 3.05) is 52.9 Å². The number of allylic oxidation sites excluding steroid dienone is 8. The summed E-state index contributed by atoms with van der Waals surface area (Å²) in [6.07, 6.45) is 13.9. The van der Waals surface area contributed by atoms with Crippen LogP contribution in [0.1, 0.15) is 70.2 Å². The quantitative estimate of drug-likeness (QED) is 0.0120. The molecule has 4 N–H and O–H groups in total. The Labute approximate surface area is 770 Å². The maximum Gasteiger partial charge on any atom is 0.330 e. The van der Waals surface area contributed by atoms with Crippen LogP contribution < -0.4 is 18.9 Å². The predicted molar refractivity (Wildman–Crippen MR) is 483 cm³/mol. The molecule has 0 bridgehead atoms. The Morgan fingerprint density at radius 3 is 0.776 bits per heavy atom. The summed E-state index contributed by atoms with van der Waals surface area (Å²) in [7, 11) is 0. The van der Waals surface area contributed by atoms with E-state index in [9.17, 15) is 78.0 Å². The molecule has 0 amide bonds. The maximum absolute atomic E-state index is 14.7. The third-order valence-electron chi connectivity index (χ3n) is 24.3. The number of hydrogen-bond acceptors (Lipinski definition) is 24. The summed E-state index contributed by atoms with van der Waals surface area (Å²) in [5.41, 5.74) is 9.16. The van der Waals surface area contributed by atoms with Crippen LogP contribution in [0.2, 0.25) is 0 Å². The van der Waals surface area contributed by atoms with E-state index >= 15 is 0 Å². The summed E-state index contributed by atoms with van der Waals surface area (Å²) >= 11 is 0. The van der Waals surface area contributed by atoms with E-state index in [0.717, 1.165) is 91.1 Å². The number of rotatable bonds is 41. The number of hydrogen-bond donors (Lipinski definition) is 4. The van der Waals surface area contributed by atoms with Gasteiger partial charge in [0.1, 0.15) is 75.9 Å². The van der Waals surface area contributed by atoms with E-state index in [2.05, 4.69) is 26.3 Å². The number of fused-ring (bicyclic) bond motifs is 6. The van der Waals surface area contributed by atoms with Gasteiger partial charge in [-0.1, -0.05) is 233 Å². The van der Waals surface area contributed by atoms with E-state index in [0.29, 0.717) is 11.5 Å². The van der Waals surface area contributed by atoms with Crippen molar-refractivity contribution in [3.63, 3.8) is 0 Å². The van der Waals surface area contributed by atoms with Crippen molar-refractivity contribution in [3.05, 3.63) is 361 Å². The third-order valence-corrected chi connectivity index (χ3v) is 24.3. The van der Waals surface area contributed by atoms with Gasteiger partial charge in [0, 0.05) is 24.3 Å². The Morgan fingerprint density at radius 1 is 0.299 bits per heavy atom. The van der Waals surface area contributed by atoms with E-state index in [-0.39, 0.29) is 61.5 Å². The molecule has 28 heteroatoms. The molecule has 0 saturated carbocycles. The Balaban J connectivity index is 0.668. The fourth-order valence-corrected chi connectivity index (χ4v) is 17.7. The number of ether oxygens (including phenoxy) is 12. The first kappa shape index (κ1) is 94.1. The topological polar surface area (TPSA) is 397 Å². The molecule has 8 aromatic rings. The number of carboxylic acids is 4. The van der Waals surface area contributed by atoms with Crippen molar-refractivity contribution < 1.29 is 135 Å². The molecule has 12 atom stereocenters. The molecule has 0 aliphatic heterocycles. The standard InChI is InChI=1S/C106H94O28/c1-5-93(107)127-59-73(131-101(119)85-27-11-9-25-81(85)97(111)112)55-123-69-43-35-65(36-44-69)105(89-29-17-13-21-77(89)78-22-14-18-30-90(78)105)67-39-47-71(48-40-67)125-57-75(61-129-95(109)7-3)133-103(121)87-53-63(33-51-83(87)99(115)116)64-34-52-84(100(117)118)88(54-64)104(122)134-76(62-130-96(110)8-4)58-126-72-49-41-68(42-50-72)106(91-31-19-15-23-79(91)80-24-16-20-32-92(80)106)66-37-45-70(46-38-66)124-56-74(60-128-94(108)6-2)132-102(120)86-28-12-10-26-82(86)98(113)114/h5-24,29-54,73-76,81-88H,1-4,25-28,55-62H2,(H,111,112)(H,113,114)(H,115,116)(H,117,118). The highest BCUT2D eigenvalue weighted by molar-refractivity contribution is 5.92. The highest BCUT2D eigenvalue weighted by Crippen LogP contribution is 2.58. The van der Waals surface area contributed by atoms with Crippen molar-refractivity contribution in [2.24, 2.45) is 47.3 Å². The first-order valence-electron chi connectivity index (χ1n) is 43.2. The normalized spacial score (nSPS) is 19.6. The number of esters is 8. The predicted octanol–water partition coefficient (Wildman–Crippen LogP) is 14.2. The van der Waals surface area contributed by atoms with Gasteiger partial charge in [-0.3, -0.25) is 38.4 Å². The fourth-order valence-electron chi connectivity index (χ4n) is 17.7. The monoisotopic (exact) mass is 1810 g/mol. The maximum atomic E-state index is 14.7. The Kier molecular flexibility index (Phi) is 30.0. The molecule has 14 rings (SSSR count). The second-order valence-electron chi connectivity index (χ2n) is 32.3. The molecule has 0 spiro atoms. The number of benzene rings is 8. The molecule has 0 fully saturated rings. The van der Waals surface area contributed by atoms with Crippen LogP contribution >= 0.6 is 0 Å². The Bertz CT molecular complexity index is 5590. The van der Waals surface area contributed by atoms with Crippen molar-refractivity contribution in [1.82, 2.24) is 0 Å². The van der Waals surface area contributed by atoms with Crippen molar-refractivity contribution >= 4 is 71.6 Å². The first-order chi connectivity index (χ1) is 64.8. The molecule has 6 aliphatic rings. The van der Waals surface area contributed by atoms with Crippen LogP contribution in [0, 0.1) is 47.3 Å². The smallest absolute Gasteiger partial charge is 0.330 e. The molecular formula is C106H94O28. The Morgan fingerprint density at radius 2 is 0.537 bits per heavy atom. The zero-order chi connectivity index (χ0) is 94.7. The molecular weight excluding hydrogens is 1720 g/mol. The molecule has 28 nitrogen and oxygen atoms in total. The van der Waals surface area contributed by atoms with Gasteiger partial charge in [0.15, 0.2) is 24.4 Å². The first-order valence-corrected chi connectivity index (χ1v) is 43.2. The summed E-state index contributed by atoms with van der Waals surface area (Å²) < 4.78 is 70.0. The minimum Gasteiger partial charge on any atom is -0.490 e. The van der Waals surface area contributed by atoms with Crippen LogP contribution in [0.25, 0.3) is 22.3 Å². The summed E-state index contributed by atoms with van der Waals surface area (Å²) in [5, 5.41) is 41.0. The number of aliphatic carboxylic acids is 4. The highest BCUT2D eigenvalue weighted by Gasteiger charge is 2.49. The van der Waals surface area contributed by atoms with E-state index in [1.54, 1.807) is 72.8 Å². The van der Waals surface area contributed by atoms with Gasteiger partial charge in [-0.05, 0) is 152 Å². The lowest BCUT2D eigenvalue weighted by Gasteiger charge is -2.34. The van der Waals surface area contributed by atoms with Gasteiger partial charge in [0.2, 0.25) is 0 Å². The zero-order valence-corrected chi connectivity index (χ0v) is 72.4. The average Bonchev–Trinajstić information content (AvgIpc) is 1.54. The van der Waals surface area contributed by atoms with E-state index in [1.807, 2.05) is 146 Å². The van der Waals surface area contributed by atoms with Gasteiger partial charge in [-0.25, -0.2) is 19.2 Å². The zero-order valence-electron chi connectivity index (χ0n) is 72.4. The van der Waals surface area contributed by atoms with Crippen LogP contribution in [-0.2, 0) is 106 Å². The van der Waals surface area contributed by atoms with Gasteiger partial charge in [0.05, 0.1) is 58.2 Å². The lowest BCUT2D eigenvalue weighted by Crippen LogP contribution is -2.37. The minimum absolute atomic E-state index is 0.140. The van der Waals surface area contributed by atoms with Crippen molar-refractivity contribution in [3.8, 4) is 45.3 Å². The van der Waals surface area contributed by atoms with Crippen molar-refractivity contribution in [1.29, 1.82) is 0 Å². The number of carbonyl (C=O) groups is 12. The van der Waals surface area contributed by atoms with E-state index in [4.69, 9.17) is 56.8 Å². The van der Waals surface area contributed by atoms with Gasteiger partial charge >= 0.3 is 71.6 Å².